The summed E-state index contributed by atoms with van der Waals surface area (Å²) in [4.78, 5) is 29.0. The van der Waals surface area contributed by atoms with Crippen molar-refractivity contribution in [3.63, 3.8) is 0 Å². The number of ether oxygens (including phenoxy) is 1. The Morgan fingerprint density at radius 2 is 1.93 bits per heavy atom. The summed E-state index contributed by atoms with van der Waals surface area (Å²) in [5, 5.41) is 0. The van der Waals surface area contributed by atoms with E-state index >= 15 is 0 Å². The Kier molecular flexibility index (Phi) is 3.96. The zero-order valence-electron chi connectivity index (χ0n) is 15.1. The van der Waals surface area contributed by atoms with Gasteiger partial charge in [-0.25, -0.2) is 0 Å². The molecule has 0 saturated carbocycles. The number of nitrogens with two attached hydrogens (primary N) is 1. The van der Waals surface area contributed by atoms with Gasteiger partial charge in [0.25, 0.3) is 5.56 Å². The minimum Gasteiger partial charge on any atom is -0.493 e. The number of aryl methyl sites for hydroxylation is 2. The molecule has 1 aliphatic carbocycles. The summed E-state index contributed by atoms with van der Waals surface area (Å²) in [7, 11) is 1.43. The van der Waals surface area contributed by atoms with Crippen molar-refractivity contribution in [2.45, 2.75) is 13.8 Å². The molecule has 3 aromatic rings. The van der Waals surface area contributed by atoms with Gasteiger partial charge in [0.05, 0.1) is 22.9 Å². The number of fused-ring (bicyclic) bond motifs is 3. The molecule has 0 aliphatic heterocycles. The Morgan fingerprint density at radius 3 is 2.67 bits per heavy atom. The summed E-state index contributed by atoms with van der Waals surface area (Å²) >= 11 is 1.43. The predicted octanol–water partition coefficient (Wildman–Crippen LogP) is 3.16. The number of thiazole rings is 1. The number of ketones is 1. The van der Waals surface area contributed by atoms with Gasteiger partial charge in [-0.15, -0.1) is 0 Å². The van der Waals surface area contributed by atoms with E-state index in [0.29, 0.717) is 16.4 Å². The lowest BCUT2D eigenvalue weighted by atomic mass is 10.0. The summed E-state index contributed by atoms with van der Waals surface area (Å²) in [6.07, 6.45) is 6.23. The van der Waals surface area contributed by atoms with Gasteiger partial charge < -0.3 is 10.5 Å². The zero-order chi connectivity index (χ0) is 19.3. The number of hydrogen-bond acceptors (Lipinski definition) is 6. The number of carbonyl (C=O) groups is 1. The first kappa shape index (κ1) is 17.2. The normalized spacial score (nSPS) is 15.7. The van der Waals surface area contributed by atoms with E-state index in [2.05, 4.69) is 17.1 Å². The second kappa shape index (κ2) is 6.21. The fourth-order valence-electron chi connectivity index (χ4n) is 3.04. The van der Waals surface area contributed by atoms with E-state index in [-0.39, 0.29) is 17.1 Å². The van der Waals surface area contributed by atoms with Crippen LogP contribution in [0.1, 0.15) is 16.7 Å². The maximum absolute atomic E-state index is 12.6. The molecular formula is C20H17N3O3S. The lowest BCUT2D eigenvalue weighted by Crippen LogP contribution is -2.16. The molecule has 0 spiro atoms. The molecule has 7 heteroatoms. The largest absolute Gasteiger partial charge is 0.493 e. The highest BCUT2D eigenvalue weighted by Crippen LogP contribution is 2.30. The van der Waals surface area contributed by atoms with Crippen LogP contribution in [0.4, 0.5) is 5.82 Å². The number of nitrogens with zero attached hydrogens (tertiary/aromatic N) is 2. The number of allylic oxidation sites excluding steroid dienone is 4. The minimum atomic E-state index is -0.405. The van der Waals surface area contributed by atoms with Gasteiger partial charge in [-0.3, -0.25) is 14.0 Å². The zero-order valence-corrected chi connectivity index (χ0v) is 15.9. The summed E-state index contributed by atoms with van der Waals surface area (Å²) < 4.78 is 7.89. The fraction of sp³-hybridized carbons (Fsp3) is 0.150. The SMILES string of the molecule is COC1=C/C(=C/c2c(N)n3c(nc2=O)sc2cc(C)c(C)cc23)C=CC1=O. The van der Waals surface area contributed by atoms with Crippen LogP contribution in [0.2, 0.25) is 0 Å². The van der Waals surface area contributed by atoms with Crippen LogP contribution in [0.5, 0.6) is 0 Å². The van der Waals surface area contributed by atoms with E-state index in [9.17, 15) is 9.59 Å². The smallest absolute Gasteiger partial charge is 0.283 e. The lowest BCUT2D eigenvalue weighted by Gasteiger charge is -2.09. The molecule has 0 bridgehead atoms. The molecule has 4 rings (SSSR count). The lowest BCUT2D eigenvalue weighted by molar-refractivity contribution is -0.114. The van der Waals surface area contributed by atoms with Crippen molar-refractivity contribution < 1.29 is 9.53 Å². The van der Waals surface area contributed by atoms with Gasteiger partial charge in [0, 0.05) is 0 Å². The molecule has 0 fully saturated rings. The summed E-state index contributed by atoms with van der Waals surface area (Å²) in [6, 6.07) is 4.13. The third kappa shape index (κ3) is 2.76. The molecule has 0 saturated heterocycles. The van der Waals surface area contributed by atoms with Crippen LogP contribution in [-0.4, -0.2) is 22.3 Å². The number of rotatable bonds is 2. The topological polar surface area (TPSA) is 86.7 Å². The number of anilines is 1. The summed E-state index contributed by atoms with van der Waals surface area (Å²) in [5.74, 6) is 0.316. The van der Waals surface area contributed by atoms with Crippen LogP contribution in [0, 0.1) is 13.8 Å². The van der Waals surface area contributed by atoms with Gasteiger partial charge in [0.15, 0.2) is 10.7 Å². The van der Waals surface area contributed by atoms with Crippen LogP contribution in [0.15, 0.2) is 46.5 Å². The van der Waals surface area contributed by atoms with Crippen LogP contribution in [-0.2, 0) is 9.53 Å². The molecule has 2 aromatic heterocycles. The number of carbonyl (C=O) groups excluding carboxylic acids is 1. The third-order valence-corrected chi connectivity index (χ3v) is 5.66. The van der Waals surface area contributed by atoms with Crippen molar-refractivity contribution in [3.8, 4) is 0 Å². The molecule has 6 nitrogen and oxygen atoms in total. The van der Waals surface area contributed by atoms with Crippen molar-refractivity contribution in [1.29, 1.82) is 0 Å². The highest BCUT2D eigenvalue weighted by molar-refractivity contribution is 7.23. The second-order valence-corrected chi connectivity index (χ2v) is 7.40. The number of hydrogen-bond donors (Lipinski definition) is 1. The Labute approximate surface area is 158 Å². The van der Waals surface area contributed by atoms with E-state index in [1.807, 2.05) is 13.8 Å². The summed E-state index contributed by atoms with van der Waals surface area (Å²) in [5.41, 5.74) is 10.1. The number of aromatic nitrogens is 2. The van der Waals surface area contributed by atoms with Crippen LogP contribution >= 0.6 is 11.3 Å². The molecule has 2 heterocycles. The second-order valence-electron chi connectivity index (χ2n) is 6.39. The predicted molar refractivity (Wildman–Crippen MR) is 108 cm³/mol. The third-order valence-electron chi connectivity index (χ3n) is 4.65. The number of benzene rings is 1. The Morgan fingerprint density at radius 1 is 1.19 bits per heavy atom. The minimum absolute atomic E-state index is 0.212. The first-order chi connectivity index (χ1) is 12.9. The van der Waals surface area contributed by atoms with E-state index < -0.39 is 5.56 Å². The standard InChI is InChI=1S/C20H17N3O3S/c1-10-6-14-17(7-11(10)2)27-20-22-19(25)13(18(21)23(14)20)8-12-4-5-15(24)16(9-12)26-3/h4-9H,21H2,1-3H3/b12-8+. The molecule has 0 radical (unpaired) electrons. The van der Waals surface area contributed by atoms with Gasteiger partial charge in [-0.2, -0.15) is 4.98 Å². The van der Waals surface area contributed by atoms with Gasteiger partial charge in [-0.05, 0) is 60.9 Å². The average molecular weight is 379 g/mol. The van der Waals surface area contributed by atoms with Crippen molar-refractivity contribution in [2.75, 3.05) is 12.8 Å². The van der Waals surface area contributed by atoms with Crippen molar-refractivity contribution in [1.82, 2.24) is 9.38 Å². The molecule has 1 aromatic carbocycles. The molecule has 1 aliphatic rings. The molecular weight excluding hydrogens is 362 g/mol. The first-order valence-electron chi connectivity index (χ1n) is 8.31. The number of nitrogen functional groups attached to an aromatic ring is 1. The van der Waals surface area contributed by atoms with Crippen molar-refractivity contribution in [3.05, 3.63) is 68.7 Å². The van der Waals surface area contributed by atoms with Gasteiger partial charge in [-0.1, -0.05) is 17.4 Å². The van der Waals surface area contributed by atoms with E-state index in [4.69, 9.17) is 10.5 Å². The van der Waals surface area contributed by atoms with Crippen LogP contribution < -0.4 is 11.3 Å². The highest BCUT2D eigenvalue weighted by atomic mass is 32.1. The Bertz CT molecular complexity index is 1280. The van der Waals surface area contributed by atoms with Gasteiger partial charge in [0.2, 0.25) is 5.78 Å². The van der Waals surface area contributed by atoms with Gasteiger partial charge >= 0.3 is 0 Å². The summed E-state index contributed by atoms with van der Waals surface area (Å²) in [6.45, 7) is 4.08. The monoisotopic (exact) mass is 379 g/mol. The Hall–Kier alpha value is -3.19. The molecule has 27 heavy (non-hydrogen) atoms. The van der Waals surface area contributed by atoms with Crippen molar-refractivity contribution in [2.24, 2.45) is 0 Å². The fourth-order valence-corrected chi connectivity index (χ4v) is 4.14. The first-order valence-corrected chi connectivity index (χ1v) is 9.12. The molecule has 136 valence electrons. The van der Waals surface area contributed by atoms with Crippen LogP contribution in [0.25, 0.3) is 21.3 Å². The van der Waals surface area contributed by atoms with Gasteiger partial charge in [0.1, 0.15) is 5.82 Å². The van der Waals surface area contributed by atoms with Crippen LogP contribution in [0.3, 0.4) is 0 Å². The molecule has 0 unspecified atom stereocenters. The average Bonchev–Trinajstić information content (AvgIpc) is 2.97. The van der Waals surface area contributed by atoms with E-state index in [1.165, 1.54) is 30.1 Å². The van der Waals surface area contributed by atoms with E-state index in [0.717, 1.165) is 15.8 Å². The highest BCUT2D eigenvalue weighted by Gasteiger charge is 2.16. The molecule has 0 amide bonds. The maximum atomic E-state index is 12.6. The molecule has 0 atom stereocenters. The molecule has 2 N–H and O–H groups in total. The quantitative estimate of drug-likeness (QED) is 0.739. The number of methoxy groups -OCH3 is 1. The van der Waals surface area contributed by atoms with E-state index in [1.54, 1.807) is 22.6 Å². The van der Waals surface area contributed by atoms with Crippen molar-refractivity contribution >= 4 is 44.2 Å². The Balaban J connectivity index is 1.98. The maximum Gasteiger partial charge on any atom is 0.283 e.